The molecular formula is C13H18N4O2S. The van der Waals surface area contributed by atoms with Crippen molar-refractivity contribution in [3.05, 3.63) is 41.2 Å². The molecule has 7 heteroatoms. The van der Waals surface area contributed by atoms with Crippen molar-refractivity contribution in [2.24, 2.45) is 5.73 Å². The van der Waals surface area contributed by atoms with E-state index >= 15 is 0 Å². The molecule has 1 unspecified atom stereocenters. The van der Waals surface area contributed by atoms with E-state index in [0.29, 0.717) is 17.1 Å². The third-order valence-electron chi connectivity index (χ3n) is 3.06. The Kier molecular flexibility index (Phi) is 3.82. The van der Waals surface area contributed by atoms with Crippen LogP contribution >= 0.6 is 0 Å². The van der Waals surface area contributed by atoms with Gasteiger partial charge in [-0.15, -0.1) is 0 Å². The molecule has 108 valence electrons. The van der Waals surface area contributed by atoms with Crippen molar-refractivity contribution in [3.63, 3.8) is 0 Å². The molecule has 4 N–H and O–H groups in total. The topological polar surface area (TPSA) is 101 Å². The van der Waals surface area contributed by atoms with Crippen molar-refractivity contribution < 1.29 is 8.42 Å². The van der Waals surface area contributed by atoms with Crippen molar-refractivity contribution in [3.8, 4) is 0 Å². The van der Waals surface area contributed by atoms with Gasteiger partial charge in [-0.05, 0) is 38.5 Å². The number of sulfonamides is 1. The van der Waals surface area contributed by atoms with Gasteiger partial charge in [-0.3, -0.25) is 9.82 Å². The van der Waals surface area contributed by atoms with Crippen LogP contribution in [0, 0.1) is 13.8 Å². The zero-order valence-corrected chi connectivity index (χ0v) is 12.5. The molecule has 0 saturated heterocycles. The number of benzene rings is 1. The SMILES string of the molecule is Cc1n[nH]c(C)c1NS(=O)(=O)c1cccc(C(C)N)c1. The molecule has 0 amide bonds. The van der Waals surface area contributed by atoms with Crippen LogP contribution in [0.4, 0.5) is 5.69 Å². The number of anilines is 1. The van der Waals surface area contributed by atoms with E-state index in [1.54, 1.807) is 38.1 Å². The monoisotopic (exact) mass is 294 g/mol. The normalized spacial score (nSPS) is 13.2. The lowest BCUT2D eigenvalue weighted by Crippen LogP contribution is -2.15. The van der Waals surface area contributed by atoms with Crippen molar-refractivity contribution in [1.82, 2.24) is 10.2 Å². The minimum atomic E-state index is -3.65. The van der Waals surface area contributed by atoms with Crippen LogP contribution in [-0.2, 0) is 10.0 Å². The number of nitrogens with one attached hydrogen (secondary N) is 2. The van der Waals surface area contributed by atoms with Crippen molar-refractivity contribution in [2.45, 2.75) is 31.7 Å². The van der Waals surface area contributed by atoms with E-state index in [9.17, 15) is 8.42 Å². The fourth-order valence-corrected chi connectivity index (χ4v) is 3.10. The molecule has 0 radical (unpaired) electrons. The first-order chi connectivity index (χ1) is 9.31. The molecule has 1 aromatic carbocycles. The van der Waals surface area contributed by atoms with E-state index < -0.39 is 10.0 Å². The second-order valence-corrected chi connectivity index (χ2v) is 6.46. The second kappa shape index (κ2) is 5.26. The Morgan fingerprint density at radius 2 is 2.05 bits per heavy atom. The molecule has 1 heterocycles. The highest BCUT2D eigenvalue weighted by Gasteiger charge is 2.18. The molecule has 1 aromatic heterocycles. The van der Waals surface area contributed by atoms with Crippen LogP contribution in [0.15, 0.2) is 29.2 Å². The Hall–Kier alpha value is -1.86. The highest BCUT2D eigenvalue weighted by Crippen LogP contribution is 2.22. The highest BCUT2D eigenvalue weighted by atomic mass is 32.2. The first-order valence-electron chi connectivity index (χ1n) is 6.21. The first-order valence-corrected chi connectivity index (χ1v) is 7.69. The summed E-state index contributed by atoms with van der Waals surface area (Å²) >= 11 is 0. The first kappa shape index (κ1) is 14.5. The van der Waals surface area contributed by atoms with E-state index in [0.717, 1.165) is 5.56 Å². The van der Waals surface area contributed by atoms with Crippen LogP contribution in [0.3, 0.4) is 0 Å². The van der Waals surface area contributed by atoms with Crippen LogP contribution in [0.1, 0.15) is 29.9 Å². The average molecular weight is 294 g/mol. The maximum atomic E-state index is 12.4. The smallest absolute Gasteiger partial charge is 0.262 e. The number of aromatic nitrogens is 2. The van der Waals surface area contributed by atoms with E-state index in [2.05, 4.69) is 14.9 Å². The molecule has 0 saturated carbocycles. The molecule has 2 aromatic rings. The minimum absolute atomic E-state index is 0.187. The summed E-state index contributed by atoms with van der Waals surface area (Å²) in [6.45, 7) is 5.31. The zero-order chi connectivity index (χ0) is 14.9. The summed E-state index contributed by atoms with van der Waals surface area (Å²) in [4.78, 5) is 0.187. The largest absolute Gasteiger partial charge is 0.324 e. The van der Waals surface area contributed by atoms with Gasteiger partial charge in [0.15, 0.2) is 0 Å². The Morgan fingerprint density at radius 1 is 1.35 bits per heavy atom. The zero-order valence-electron chi connectivity index (χ0n) is 11.6. The van der Waals surface area contributed by atoms with Crippen LogP contribution in [0.5, 0.6) is 0 Å². The minimum Gasteiger partial charge on any atom is -0.324 e. The van der Waals surface area contributed by atoms with Gasteiger partial charge in [-0.25, -0.2) is 8.42 Å². The number of nitrogens with two attached hydrogens (primary N) is 1. The molecule has 0 bridgehead atoms. The second-order valence-electron chi connectivity index (χ2n) is 4.78. The number of hydrogen-bond acceptors (Lipinski definition) is 4. The maximum absolute atomic E-state index is 12.4. The Morgan fingerprint density at radius 3 is 2.60 bits per heavy atom. The molecule has 0 aliphatic carbocycles. The van der Waals surface area contributed by atoms with Gasteiger partial charge in [0.1, 0.15) is 0 Å². The fourth-order valence-electron chi connectivity index (χ4n) is 1.86. The molecule has 2 rings (SSSR count). The number of aryl methyl sites for hydroxylation is 2. The van der Waals surface area contributed by atoms with E-state index in [4.69, 9.17) is 5.73 Å². The fraction of sp³-hybridized carbons (Fsp3) is 0.308. The van der Waals surface area contributed by atoms with E-state index in [1.807, 2.05) is 6.92 Å². The summed E-state index contributed by atoms with van der Waals surface area (Å²) in [5, 5.41) is 6.71. The van der Waals surface area contributed by atoms with Crippen LogP contribution < -0.4 is 10.5 Å². The predicted molar refractivity (Wildman–Crippen MR) is 77.9 cm³/mol. The number of hydrogen-bond donors (Lipinski definition) is 3. The highest BCUT2D eigenvalue weighted by molar-refractivity contribution is 7.92. The van der Waals surface area contributed by atoms with Gasteiger partial charge in [0, 0.05) is 6.04 Å². The summed E-state index contributed by atoms with van der Waals surface area (Å²) in [6, 6.07) is 6.39. The summed E-state index contributed by atoms with van der Waals surface area (Å²) in [7, 11) is -3.65. The van der Waals surface area contributed by atoms with Crippen molar-refractivity contribution >= 4 is 15.7 Å². The summed E-state index contributed by atoms with van der Waals surface area (Å²) in [5.74, 6) is 0. The van der Waals surface area contributed by atoms with Crippen LogP contribution in [-0.4, -0.2) is 18.6 Å². The van der Waals surface area contributed by atoms with Crippen molar-refractivity contribution in [2.75, 3.05) is 4.72 Å². The quantitative estimate of drug-likeness (QED) is 0.801. The third kappa shape index (κ3) is 2.83. The number of H-pyrrole nitrogens is 1. The van der Waals surface area contributed by atoms with Gasteiger partial charge in [-0.1, -0.05) is 12.1 Å². The standard InChI is InChI=1S/C13H18N4O2S/c1-8(14)11-5-4-6-12(7-11)20(18,19)17-13-9(2)15-16-10(13)3/h4-8,17H,14H2,1-3H3,(H,15,16). The van der Waals surface area contributed by atoms with Crippen LogP contribution in [0.25, 0.3) is 0 Å². The van der Waals surface area contributed by atoms with Gasteiger partial charge in [0.25, 0.3) is 10.0 Å². The summed E-state index contributed by atoms with van der Waals surface area (Å²) < 4.78 is 27.3. The molecule has 0 aliphatic rings. The van der Waals surface area contributed by atoms with Crippen molar-refractivity contribution in [1.29, 1.82) is 0 Å². The molecule has 0 aliphatic heterocycles. The van der Waals surface area contributed by atoms with Gasteiger partial charge in [0.2, 0.25) is 0 Å². The summed E-state index contributed by atoms with van der Waals surface area (Å²) in [5.41, 5.74) is 8.32. The molecule has 6 nitrogen and oxygen atoms in total. The Balaban J connectivity index is 2.38. The predicted octanol–water partition coefficient (Wildman–Crippen LogP) is 1.85. The van der Waals surface area contributed by atoms with E-state index in [-0.39, 0.29) is 10.9 Å². The lowest BCUT2D eigenvalue weighted by atomic mass is 10.1. The van der Waals surface area contributed by atoms with Gasteiger partial charge in [-0.2, -0.15) is 5.10 Å². The maximum Gasteiger partial charge on any atom is 0.262 e. The van der Waals surface area contributed by atoms with Gasteiger partial charge >= 0.3 is 0 Å². The Labute approximate surface area is 118 Å². The molecule has 0 spiro atoms. The molecular weight excluding hydrogens is 276 g/mol. The average Bonchev–Trinajstić information content (AvgIpc) is 2.70. The molecule has 20 heavy (non-hydrogen) atoms. The lowest BCUT2D eigenvalue weighted by molar-refractivity contribution is 0.601. The van der Waals surface area contributed by atoms with Gasteiger partial charge < -0.3 is 5.73 Å². The number of rotatable bonds is 4. The lowest BCUT2D eigenvalue weighted by Gasteiger charge is -2.11. The van der Waals surface area contributed by atoms with Crippen LogP contribution in [0.2, 0.25) is 0 Å². The third-order valence-corrected chi connectivity index (χ3v) is 4.41. The number of nitrogens with zero attached hydrogens (tertiary/aromatic N) is 1. The number of aromatic amines is 1. The van der Waals surface area contributed by atoms with Gasteiger partial charge in [0.05, 0.1) is 22.0 Å². The Bertz CT molecular complexity index is 700. The molecule has 0 fully saturated rings. The summed E-state index contributed by atoms with van der Waals surface area (Å²) in [6.07, 6.45) is 0. The van der Waals surface area contributed by atoms with E-state index in [1.165, 1.54) is 0 Å². The molecule has 1 atom stereocenters.